The number of hydrogen-bond donors (Lipinski definition) is 0. The third kappa shape index (κ3) is 22.4. The standard InChI is InChI=1S/C40H66N.HI/c1-3-4-5-6-7-8-9-10-11-12-13-14-15-16-17-18-19-20-21-22-23-24-25-26-27-38-28-30-39(31-29-38)32-33-40-34-36-41(2)37-35-40;/h28-37H,3-27H2,1-2H3;1H/q+1;/p-1. The molecule has 0 radical (unpaired) electrons. The monoisotopic (exact) mass is 687 g/mol. The fourth-order valence-electron chi connectivity index (χ4n) is 5.90. The zero-order valence-electron chi connectivity index (χ0n) is 27.8. The Balaban J connectivity index is 0.00000882. The number of hydrogen-bond acceptors (Lipinski definition) is 0. The van der Waals surface area contributed by atoms with Crippen LogP contribution < -0.4 is 28.5 Å². The summed E-state index contributed by atoms with van der Waals surface area (Å²) in [6, 6.07) is 13.4. The molecule has 2 heteroatoms. The maximum Gasteiger partial charge on any atom is 0.169 e. The van der Waals surface area contributed by atoms with E-state index in [9.17, 15) is 0 Å². The smallest absolute Gasteiger partial charge is 0.169 e. The Labute approximate surface area is 279 Å². The Bertz CT molecular complexity index is 854. The maximum absolute atomic E-state index is 2.31. The topological polar surface area (TPSA) is 3.88 Å². The normalized spacial score (nSPS) is 11.3. The first-order chi connectivity index (χ1) is 20.3. The van der Waals surface area contributed by atoms with Gasteiger partial charge in [-0.05, 0) is 29.5 Å². The van der Waals surface area contributed by atoms with E-state index in [-0.39, 0.29) is 24.0 Å². The lowest BCUT2D eigenvalue weighted by atomic mass is 10.0. The zero-order valence-corrected chi connectivity index (χ0v) is 29.9. The first kappa shape index (κ1) is 38.9. The van der Waals surface area contributed by atoms with Gasteiger partial charge >= 0.3 is 0 Å². The number of unbranched alkanes of at least 4 members (excludes halogenated alkanes) is 23. The molecule has 0 amide bonds. The van der Waals surface area contributed by atoms with Crippen LogP contribution in [0.3, 0.4) is 0 Å². The van der Waals surface area contributed by atoms with Crippen LogP contribution in [-0.4, -0.2) is 0 Å². The minimum atomic E-state index is 0. The first-order valence-electron chi connectivity index (χ1n) is 18.0. The summed E-state index contributed by atoms with van der Waals surface area (Å²) < 4.78 is 2.06. The lowest BCUT2D eigenvalue weighted by molar-refractivity contribution is -0.671. The van der Waals surface area contributed by atoms with Gasteiger partial charge in [-0.25, -0.2) is 4.57 Å². The van der Waals surface area contributed by atoms with Crippen molar-refractivity contribution in [2.45, 2.75) is 167 Å². The summed E-state index contributed by atoms with van der Waals surface area (Å²) >= 11 is 0. The third-order valence-corrected chi connectivity index (χ3v) is 8.77. The molecule has 0 atom stereocenters. The van der Waals surface area contributed by atoms with E-state index in [1.54, 1.807) is 0 Å². The van der Waals surface area contributed by atoms with Crippen LogP contribution in [-0.2, 0) is 13.5 Å². The molecule has 1 heterocycles. The summed E-state index contributed by atoms with van der Waals surface area (Å²) in [6.45, 7) is 2.30. The predicted molar refractivity (Wildman–Crippen MR) is 183 cm³/mol. The predicted octanol–water partition coefficient (Wildman–Crippen LogP) is 9.61. The van der Waals surface area contributed by atoms with Crippen LogP contribution in [0, 0.1) is 0 Å². The van der Waals surface area contributed by atoms with Gasteiger partial charge in [-0.15, -0.1) is 0 Å². The van der Waals surface area contributed by atoms with E-state index in [0.29, 0.717) is 0 Å². The molecule has 0 saturated carbocycles. The second kappa shape index (κ2) is 28.6. The van der Waals surface area contributed by atoms with E-state index >= 15 is 0 Å². The van der Waals surface area contributed by atoms with Crippen molar-refractivity contribution in [3.05, 3.63) is 65.5 Å². The Morgan fingerprint density at radius 3 is 1.10 bits per heavy atom. The van der Waals surface area contributed by atoms with Gasteiger partial charge in [0.15, 0.2) is 12.4 Å². The van der Waals surface area contributed by atoms with Crippen LogP contribution >= 0.6 is 0 Å². The fraction of sp³-hybridized carbons (Fsp3) is 0.675. The Hall–Kier alpha value is -1.16. The number of aromatic nitrogens is 1. The van der Waals surface area contributed by atoms with E-state index in [4.69, 9.17) is 0 Å². The highest BCUT2D eigenvalue weighted by atomic mass is 127. The van der Waals surface area contributed by atoms with Gasteiger partial charge in [-0.3, -0.25) is 0 Å². The van der Waals surface area contributed by atoms with Crippen molar-refractivity contribution in [3.8, 4) is 0 Å². The highest BCUT2D eigenvalue weighted by molar-refractivity contribution is 5.69. The number of halogens is 1. The molecule has 42 heavy (non-hydrogen) atoms. The highest BCUT2D eigenvalue weighted by Gasteiger charge is 1.98. The van der Waals surface area contributed by atoms with Crippen molar-refractivity contribution in [2.24, 2.45) is 7.05 Å². The van der Waals surface area contributed by atoms with Crippen molar-refractivity contribution in [1.82, 2.24) is 0 Å². The third-order valence-electron chi connectivity index (χ3n) is 8.77. The molecule has 0 unspecified atom stereocenters. The summed E-state index contributed by atoms with van der Waals surface area (Å²) in [5.41, 5.74) is 4.00. The maximum atomic E-state index is 2.31. The van der Waals surface area contributed by atoms with Gasteiger partial charge in [0.05, 0.1) is 0 Å². The summed E-state index contributed by atoms with van der Waals surface area (Å²) in [5.74, 6) is 0. The van der Waals surface area contributed by atoms with E-state index in [1.165, 1.54) is 177 Å². The lowest BCUT2D eigenvalue weighted by Gasteiger charge is -2.05. The molecular weight excluding hydrogens is 621 g/mol. The van der Waals surface area contributed by atoms with Gasteiger partial charge in [0, 0.05) is 12.1 Å². The van der Waals surface area contributed by atoms with Gasteiger partial charge in [-0.2, -0.15) is 0 Å². The first-order valence-corrected chi connectivity index (χ1v) is 18.0. The van der Waals surface area contributed by atoms with Crippen LogP contribution in [0.1, 0.15) is 178 Å². The van der Waals surface area contributed by atoms with Crippen molar-refractivity contribution >= 4 is 12.2 Å². The number of nitrogens with zero attached hydrogens (tertiary/aromatic N) is 1. The van der Waals surface area contributed by atoms with Crippen molar-refractivity contribution < 1.29 is 28.5 Å². The van der Waals surface area contributed by atoms with E-state index in [1.807, 2.05) is 0 Å². The molecule has 0 bridgehead atoms. The van der Waals surface area contributed by atoms with Gasteiger partial charge in [-0.1, -0.05) is 191 Å². The van der Waals surface area contributed by atoms with Gasteiger partial charge in [0.1, 0.15) is 7.05 Å². The molecular formula is C40H66IN. The molecule has 0 aliphatic carbocycles. The van der Waals surface area contributed by atoms with E-state index in [0.717, 1.165) is 0 Å². The molecule has 238 valence electrons. The quantitative estimate of drug-likeness (QED) is 0.0501. The van der Waals surface area contributed by atoms with Crippen LogP contribution in [0.5, 0.6) is 0 Å². The Morgan fingerprint density at radius 1 is 0.429 bits per heavy atom. The van der Waals surface area contributed by atoms with Crippen LogP contribution in [0.15, 0.2) is 48.8 Å². The van der Waals surface area contributed by atoms with Gasteiger partial charge in [0.25, 0.3) is 0 Å². The molecule has 0 spiro atoms. The van der Waals surface area contributed by atoms with Crippen LogP contribution in [0.4, 0.5) is 0 Å². The molecule has 2 aromatic rings. The summed E-state index contributed by atoms with van der Waals surface area (Å²) in [7, 11) is 2.05. The number of pyridine rings is 1. The van der Waals surface area contributed by atoms with Crippen LogP contribution in [0.25, 0.3) is 12.2 Å². The minimum absolute atomic E-state index is 0. The Morgan fingerprint density at radius 2 is 0.738 bits per heavy atom. The van der Waals surface area contributed by atoms with Crippen LogP contribution in [0.2, 0.25) is 0 Å². The molecule has 0 aliphatic heterocycles. The molecule has 1 aromatic heterocycles. The lowest BCUT2D eigenvalue weighted by Crippen LogP contribution is -3.00. The largest absolute Gasteiger partial charge is 1.00 e. The summed E-state index contributed by atoms with van der Waals surface area (Å²) in [6.07, 6.45) is 44.7. The van der Waals surface area contributed by atoms with Gasteiger partial charge < -0.3 is 24.0 Å². The number of aryl methyl sites for hydroxylation is 2. The molecule has 0 aliphatic rings. The number of rotatable bonds is 27. The molecule has 0 fully saturated rings. The van der Waals surface area contributed by atoms with Crippen molar-refractivity contribution in [2.75, 3.05) is 0 Å². The molecule has 0 N–H and O–H groups in total. The summed E-state index contributed by atoms with van der Waals surface area (Å²) in [4.78, 5) is 0. The fourth-order valence-corrected chi connectivity index (χ4v) is 5.90. The molecule has 1 aromatic carbocycles. The average Bonchev–Trinajstić information content (AvgIpc) is 2.99. The van der Waals surface area contributed by atoms with Crippen molar-refractivity contribution in [1.29, 1.82) is 0 Å². The molecule has 2 rings (SSSR count). The van der Waals surface area contributed by atoms with E-state index in [2.05, 4.69) is 79.5 Å². The molecule has 1 nitrogen and oxygen atoms in total. The van der Waals surface area contributed by atoms with E-state index < -0.39 is 0 Å². The highest BCUT2D eigenvalue weighted by Crippen LogP contribution is 2.16. The second-order valence-corrected chi connectivity index (χ2v) is 12.8. The van der Waals surface area contributed by atoms with Crippen molar-refractivity contribution in [3.63, 3.8) is 0 Å². The summed E-state index contributed by atoms with van der Waals surface area (Å²) in [5, 5.41) is 0. The Kier molecular flexibility index (Phi) is 26.5. The minimum Gasteiger partial charge on any atom is -1.00 e. The van der Waals surface area contributed by atoms with Gasteiger partial charge in [0.2, 0.25) is 0 Å². The molecule has 0 saturated heterocycles. The SMILES string of the molecule is CCCCCCCCCCCCCCCCCCCCCCCCCCc1ccc(C=Cc2cc[n+](C)cc2)cc1.[I-]. The number of benzene rings is 1. The average molecular weight is 688 g/mol. The second-order valence-electron chi connectivity index (χ2n) is 12.8. The zero-order chi connectivity index (χ0) is 29.1.